The van der Waals surface area contributed by atoms with Crippen LogP contribution in [0.4, 0.5) is 0 Å². The van der Waals surface area contributed by atoms with Crippen LogP contribution in [0.5, 0.6) is 5.75 Å². The molecule has 0 amide bonds. The molecule has 0 radical (unpaired) electrons. The van der Waals surface area contributed by atoms with Gasteiger partial charge in [0.05, 0.1) is 35.7 Å². The monoisotopic (exact) mass is 259 g/mol. The van der Waals surface area contributed by atoms with Gasteiger partial charge in [-0.2, -0.15) is 10.5 Å². The lowest BCUT2D eigenvalue weighted by atomic mass is 9.88. The SMILES string of the molecule is CCOc1ccc2c(c1)=NCC(C#N)(C#N)C=2Cl. The first-order chi connectivity index (χ1) is 8.66. The topological polar surface area (TPSA) is 69.2 Å². The number of fused-ring (bicyclic) bond motifs is 1. The summed E-state index contributed by atoms with van der Waals surface area (Å²) in [5.74, 6) is 0.700. The number of halogens is 1. The lowest BCUT2D eigenvalue weighted by Gasteiger charge is -2.18. The Morgan fingerprint density at radius 3 is 2.78 bits per heavy atom. The second-order valence-electron chi connectivity index (χ2n) is 3.87. The van der Waals surface area contributed by atoms with Crippen molar-refractivity contribution < 1.29 is 4.74 Å². The number of hydrogen-bond donors (Lipinski definition) is 0. The molecule has 0 saturated heterocycles. The smallest absolute Gasteiger partial charge is 0.198 e. The zero-order valence-electron chi connectivity index (χ0n) is 9.77. The molecule has 1 heterocycles. The van der Waals surface area contributed by atoms with E-state index in [2.05, 4.69) is 4.99 Å². The highest BCUT2D eigenvalue weighted by Gasteiger charge is 2.36. The molecular formula is C13H10ClN3O. The average molecular weight is 260 g/mol. The minimum atomic E-state index is -1.36. The van der Waals surface area contributed by atoms with E-state index in [4.69, 9.17) is 26.9 Å². The highest BCUT2D eigenvalue weighted by atomic mass is 35.5. The molecule has 0 spiro atoms. The van der Waals surface area contributed by atoms with Gasteiger partial charge in [-0.05, 0) is 19.1 Å². The van der Waals surface area contributed by atoms with E-state index in [0.29, 0.717) is 22.9 Å². The number of benzene rings is 1. The Morgan fingerprint density at radius 1 is 1.44 bits per heavy atom. The van der Waals surface area contributed by atoms with Gasteiger partial charge >= 0.3 is 0 Å². The third-order valence-electron chi connectivity index (χ3n) is 2.76. The van der Waals surface area contributed by atoms with Crippen molar-refractivity contribution in [1.82, 2.24) is 0 Å². The van der Waals surface area contributed by atoms with Crippen LogP contribution >= 0.6 is 11.6 Å². The van der Waals surface area contributed by atoms with Gasteiger partial charge in [-0.3, -0.25) is 4.99 Å². The Balaban J connectivity index is 2.67. The number of ether oxygens (including phenoxy) is 1. The molecule has 1 aliphatic rings. The average Bonchev–Trinajstić information content (AvgIpc) is 2.40. The van der Waals surface area contributed by atoms with Crippen molar-refractivity contribution in [3.63, 3.8) is 0 Å². The summed E-state index contributed by atoms with van der Waals surface area (Å²) in [6.07, 6.45) is 0. The van der Waals surface area contributed by atoms with E-state index in [0.717, 1.165) is 0 Å². The van der Waals surface area contributed by atoms with E-state index in [9.17, 15) is 0 Å². The summed E-state index contributed by atoms with van der Waals surface area (Å²) in [5, 5.41) is 19.7. The van der Waals surface area contributed by atoms with Crippen molar-refractivity contribution in [2.24, 2.45) is 10.4 Å². The van der Waals surface area contributed by atoms with E-state index in [-0.39, 0.29) is 11.6 Å². The summed E-state index contributed by atoms with van der Waals surface area (Å²) in [4.78, 5) is 4.25. The summed E-state index contributed by atoms with van der Waals surface area (Å²) < 4.78 is 5.37. The number of nitrogens with zero attached hydrogens (tertiary/aromatic N) is 3. The molecule has 0 fully saturated rings. The molecule has 2 rings (SSSR count). The van der Waals surface area contributed by atoms with Gasteiger partial charge in [-0.15, -0.1) is 0 Å². The lowest BCUT2D eigenvalue weighted by molar-refractivity contribution is 0.339. The van der Waals surface area contributed by atoms with Crippen molar-refractivity contribution in [3.8, 4) is 17.9 Å². The number of rotatable bonds is 2. The zero-order chi connectivity index (χ0) is 13.2. The van der Waals surface area contributed by atoms with Crippen LogP contribution in [-0.4, -0.2) is 13.2 Å². The van der Waals surface area contributed by atoms with E-state index < -0.39 is 5.41 Å². The van der Waals surface area contributed by atoms with Gasteiger partial charge in [0, 0.05) is 11.3 Å². The van der Waals surface area contributed by atoms with Crippen LogP contribution in [0.3, 0.4) is 0 Å². The Labute approximate surface area is 109 Å². The molecule has 0 aliphatic carbocycles. The van der Waals surface area contributed by atoms with E-state index in [1.807, 2.05) is 19.1 Å². The summed E-state index contributed by atoms with van der Waals surface area (Å²) in [6, 6.07) is 9.13. The summed E-state index contributed by atoms with van der Waals surface area (Å²) >= 11 is 6.17. The van der Waals surface area contributed by atoms with Crippen molar-refractivity contribution in [3.05, 3.63) is 28.8 Å². The van der Waals surface area contributed by atoms with Gasteiger partial charge in [-0.25, -0.2) is 0 Å². The second kappa shape index (κ2) is 4.68. The maximum Gasteiger partial charge on any atom is 0.198 e. The molecule has 1 aromatic carbocycles. The van der Waals surface area contributed by atoms with E-state index in [1.54, 1.807) is 18.2 Å². The molecule has 0 saturated carbocycles. The highest BCUT2D eigenvalue weighted by molar-refractivity contribution is 6.46. The maximum absolute atomic E-state index is 9.11. The first kappa shape index (κ1) is 12.4. The molecule has 1 aliphatic heterocycles. The zero-order valence-corrected chi connectivity index (χ0v) is 10.5. The van der Waals surface area contributed by atoms with Crippen LogP contribution in [-0.2, 0) is 0 Å². The van der Waals surface area contributed by atoms with Crippen molar-refractivity contribution >= 4 is 16.6 Å². The Kier molecular flexibility index (Phi) is 3.23. The minimum absolute atomic E-state index is 0.0570. The minimum Gasteiger partial charge on any atom is -0.494 e. The molecule has 4 nitrogen and oxygen atoms in total. The standard InChI is InChI=1S/C13H10ClN3O/c1-2-18-9-3-4-10-11(5-9)17-8-13(6-15,7-16)12(10)14/h3-5H,2,8H2,1H3. The quantitative estimate of drug-likeness (QED) is 0.799. The predicted molar refractivity (Wildman–Crippen MR) is 66.2 cm³/mol. The molecular weight excluding hydrogens is 250 g/mol. The van der Waals surface area contributed by atoms with Gasteiger partial charge in [-0.1, -0.05) is 11.6 Å². The number of nitriles is 2. The molecule has 0 aromatic heterocycles. The fourth-order valence-corrected chi connectivity index (χ4v) is 2.09. The van der Waals surface area contributed by atoms with Crippen LogP contribution in [0.2, 0.25) is 0 Å². The number of hydrogen-bond acceptors (Lipinski definition) is 4. The summed E-state index contributed by atoms with van der Waals surface area (Å²) in [6.45, 7) is 2.52. The third-order valence-corrected chi connectivity index (χ3v) is 3.29. The van der Waals surface area contributed by atoms with Crippen molar-refractivity contribution in [2.75, 3.05) is 13.2 Å². The summed E-state index contributed by atoms with van der Waals surface area (Å²) in [5.41, 5.74) is -1.36. The van der Waals surface area contributed by atoms with Crippen molar-refractivity contribution in [2.45, 2.75) is 6.92 Å². The first-order valence-corrected chi connectivity index (χ1v) is 5.85. The van der Waals surface area contributed by atoms with Gasteiger partial charge in [0.1, 0.15) is 5.75 Å². The predicted octanol–water partition coefficient (Wildman–Crippen LogP) is 1.10. The van der Waals surface area contributed by atoms with Crippen molar-refractivity contribution in [1.29, 1.82) is 10.5 Å². The Hall–Kier alpha value is -2.04. The molecule has 0 bridgehead atoms. The maximum atomic E-state index is 9.11. The van der Waals surface area contributed by atoms with Crippen LogP contribution < -0.4 is 15.3 Å². The Bertz CT molecular complexity index is 668. The molecule has 1 aromatic rings. The molecule has 0 unspecified atom stereocenters. The van der Waals surface area contributed by atoms with Crippen LogP contribution in [0, 0.1) is 28.1 Å². The van der Waals surface area contributed by atoms with Crippen LogP contribution in [0.15, 0.2) is 23.2 Å². The highest BCUT2D eigenvalue weighted by Crippen LogP contribution is 2.30. The van der Waals surface area contributed by atoms with Gasteiger partial charge in [0.25, 0.3) is 0 Å². The van der Waals surface area contributed by atoms with Gasteiger partial charge in [0.15, 0.2) is 5.41 Å². The lowest BCUT2D eigenvalue weighted by Crippen LogP contribution is -2.38. The van der Waals surface area contributed by atoms with Gasteiger partial charge in [0.2, 0.25) is 0 Å². The Morgan fingerprint density at radius 2 is 2.17 bits per heavy atom. The van der Waals surface area contributed by atoms with Gasteiger partial charge < -0.3 is 4.74 Å². The third kappa shape index (κ3) is 1.81. The first-order valence-electron chi connectivity index (χ1n) is 5.47. The largest absolute Gasteiger partial charge is 0.494 e. The molecule has 18 heavy (non-hydrogen) atoms. The normalized spacial score (nSPS) is 15.9. The second-order valence-corrected chi connectivity index (χ2v) is 4.25. The fraction of sp³-hybridized carbons (Fsp3) is 0.308. The molecule has 90 valence electrons. The van der Waals surface area contributed by atoms with Crippen LogP contribution in [0.1, 0.15) is 6.92 Å². The van der Waals surface area contributed by atoms with Crippen LogP contribution in [0.25, 0.3) is 5.03 Å². The molecule has 0 N–H and O–H groups in total. The fourth-order valence-electron chi connectivity index (χ4n) is 1.78. The summed E-state index contributed by atoms with van der Waals surface area (Å²) in [7, 11) is 0. The molecule has 5 heteroatoms. The molecule has 0 atom stereocenters. The van der Waals surface area contributed by atoms with E-state index in [1.165, 1.54) is 0 Å². The van der Waals surface area contributed by atoms with E-state index >= 15 is 0 Å².